The van der Waals surface area contributed by atoms with Gasteiger partial charge in [-0.15, -0.1) is 10.2 Å². The molecular weight excluding hydrogens is 512 g/mol. The maximum Gasteiger partial charge on any atom is 0.264 e. The quantitative estimate of drug-likeness (QED) is 0.263. The smallest absolute Gasteiger partial charge is 0.264 e. The lowest BCUT2D eigenvalue weighted by Gasteiger charge is -2.18. The van der Waals surface area contributed by atoms with E-state index < -0.39 is 11.5 Å². The molecule has 0 spiro atoms. The molecule has 4 rings (SSSR count). The summed E-state index contributed by atoms with van der Waals surface area (Å²) < 4.78 is 16.8. The lowest BCUT2D eigenvalue weighted by atomic mass is 9.96. The Morgan fingerprint density at radius 3 is 2.45 bits per heavy atom. The summed E-state index contributed by atoms with van der Waals surface area (Å²) in [7, 11) is 3.02. The average Bonchev–Trinajstić information content (AvgIpc) is 3.38. The number of aromatic amines is 1. The molecule has 2 aromatic heterocycles. The fourth-order valence-corrected chi connectivity index (χ4v) is 4.25. The topological polar surface area (TPSA) is 140 Å². The first kappa shape index (κ1) is 26.7. The van der Waals surface area contributed by atoms with Crippen LogP contribution in [0.15, 0.2) is 51.7 Å². The second-order valence-corrected chi connectivity index (χ2v) is 8.80. The number of halogens is 1. The van der Waals surface area contributed by atoms with Gasteiger partial charge in [0.25, 0.3) is 17.4 Å². The van der Waals surface area contributed by atoms with Crippen LogP contribution in [0.1, 0.15) is 41.7 Å². The first-order valence-electron chi connectivity index (χ1n) is 11.9. The molecule has 0 unspecified atom stereocenters. The Balaban J connectivity index is 1.74. The van der Waals surface area contributed by atoms with Gasteiger partial charge in [-0.05, 0) is 43.2 Å². The summed E-state index contributed by atoms with van der Waals surface area (Å²) in [5.41, 5.74) is 0.916. The number of hydrogen-bond acceptors (Lipinski definition) is 8. The van der Waals surface area contributed by atoms with Crippen LogP contribution in [0, 0.1) is 0 Å². The molecule has 4 aromatic rings. The predicted octanol–water partition coefficient (Wildman–Crippen LogP) is 4.74. The molecule has 38 heavy (non-hydrogen) atoms. The van der Waals surface area contributed by atoms with E-state index in [1.54, 1.807) is 36.4 Å². The number of benzene rings is 2. The van der Waals surface area contributed by atoms with Crippen LogP contribution in [0.25, 0.3) is 22.6 Å². The molecule has 0 aliphatic carbocycles. The van der Waals surface area contributed by atoms with Gasteiger partial charge in [0.05, 0.1) is 31.9 Å². The molecule has 0 radical (unpaired) electrons. The second kappa shape index (κ2) is 11.8. The highest BCUT2D eigenvalue weighted by Gasteiger charge is 2.27. The normalized spacial score (nSPS) is 10.8. The largest absolute Gasteiger partial charge is 0.506 e. The lowest BCUT2D eigenvalue weighted by molar-refractivity contribution is 0.0947. The van der Waals surface area contributed by atoms with Gasteiger partial charge >= 0.3 is 0 Å². The zero-order valence-electron chi connectivity index (χ0n) is 21.1. The molecule has 0 fully saturated rings. The van der Waals surface area contributed by atoms with E-state index in [0.29, 0.717) is 45.3 Å². The molecule has 11 heteroatoms. The van der Waals surface area contributed by atoms with Crippen LogP contribution in [0.4, 0.5) is 0 Å². The number of aryl methyl sites for hydroxylation is 1. The van der Waals surface area contributed by atoms with E-state index in [1.165, 1.54) is 20.3 Å². The van der Waals surface area contributed by atoms with E-state index in [1.807, 2.05) is 6.92 Å². The van der Waals surface area contributed by atoms with Crippen molar-refractivity contribution >= 4 is 17.5 Å². The molecule has 0 saturated carbocycles. The van der Waals surface area contributed by atoms with Crippen molar-refractivity contribution in [1.29, 1.82) is 0 Å². The number of amides is 1. The first-order valence-corrected chi connectivity index (χ1v) is 12.3. The number of rotatable bonds is 10. The number of aromatic nitrogens is 3. The Bertz CT molecular complexity index is 1490. The van der Waals surface area contributed by atoms with E-state index in [4.69, 9.17) is 25.5 Å². The summed E-state index contributed by atoms with van der Waals surface area (Å²) in [5, 5.41) is 22.4. The number of hydrogen-bond donors (Lipinski definition) is 3. The van der Waals surface area contributed by atoms with Crippen LogP contribution in [-0.4, -0.2) is 40.4 Å². The van der Waals surface area contributed by atoms with Crippen molar-refractivity contribution in [2.45, 2.75) is 32.7 Å². The molecule has 0 bridgehead atoms. The number of aromatic hydroxyl groups is 1. The molecule has 0 saturated heterocycles. The number of carbonyl (C=O) groups is 1. The lowest BCUT2D eigenvalue weighted by Crippen LogP contribution is -2.22. The van der Waals surface area contributed by atoms with Crippen molar-refractivity contribution in [3.05, 3.63) is 75.0 Å². The highest BCUT2D eigenvalue weighted by molar-refractivity contribution is 6.30. The van der Waals surface area contributed by atoms with Crippen LogP contribution in [-0.2, 0) is 13.0 Å². The minimum absolute atomic E-state index is 0.0423. The van der Waals surface area contributed by atoms with Crippen molar-refractivity contribution in [2.24, 2.45) is 0 Å². The zero-order valence-corrected chi connectivity index (χ0v) is 21.9. The van der Waals surface area contributed by atoms with Crippen LogP contribution in [0.2, 0.25) is 5.02 Å². The third-order valence-corrected chi connectivity index (χ3v) is 6.13. The van der Waals surface area contributed by atoms with Gasteiger partial charge in [-0.25, -0.2) is 0 Å². The maximum atomic E-state index is 13.1. The average molecular weight is 539 g/mol. The summed E-state index contributed by atoms with van der Waals surface area (Å²) in [6.07, 6.45) is 2.15. The minimum atomic E-state index is -0.593. The fraction of sp³-hybridized carbons (Fsp3) is 0.259. The van der Waals surface area contributed by atoms with Crippen LogP contribution in [0.5, 0.6) is 17.2 Å². The third kappa shape index (κ3) is 5.50. The van der Waals surface area contributed by atoms with Gasteiger partial charge in [-0.2, -0.15) is 0 Å². The van der Waals surface area contributed by atoms with Crippen LogP contribution >= 0.6 is 11.6 Å². The van der Waals surface area contributed by atoms with Gasteiger partial charge < -0.3 is 29.3 Å². The van der Waals surface area contributed by atoms with Crippen molar-refractivity contribution < 1.29 is 23.8 Å². The van der Waals surface area contributed by atoms with E-state index in [-0.39, 0.29) is 29.6 Å². The molecule has 10 nitrogen and oxygen atoms in total. The zero-order chi connectivity index (χ0) is 27.2. The summed E-state index contributed by atoms with van der Waals surface area (Å²) in [6.45, 7) is 1.93. The number of unbranched alkanes of at least 4 members (excludes halogenated alkanes) is 1. The Kier molecular flexibility index (Phi) is 8.32. The molecular formula is C27H27ClN4O6. The fourth-order valence-electron chi connectivity index (χ4n) is 4.06. The highest BCUT2D eigenvalue weighted by Crippen LogP contribution is 2.46. The van der Waals surface area contributed by atoms with Crippen molar-refractivity contribution in [3.8, 4) is 39.8 Å². The number of H-pyrrole nitrogens is 1. The molecule has 0 atom stereocenters. The SMILES string of the molecule is CCCCc1[nH]c(=O)c(-c2nnc(CNC(=O)c3cccc(Cl)c3)o2)c(O)c1-c1c(OC)cccc1OC. The van der Waals surface area contributed by atoms with Gasteiger partial charge in [0.15, 0.2) is 0 Å². The highest BCUT2D eigenvalue weighted by atomic mass is 35.5. The number of nitrogens with zero attached hydrogens (tertiary/aromatic N) is 2. The van der Waals surface area contributed by atoms with Crippen molar-refractivity contribution in [3.63, 3.8) is 0 Å². The Morgan fingerprint density at radius 1 is 1.08 bits per heavy atom. The van der Waals surface area contributed by atoms with Gasteiger partial charge in [-0.3, -0.25) is 9.59 Å². The molecule has 0 aliphatic heterocycles. The van der Waals surface area contributed by atoms with Crippen LogP contribution in [0.3, 0.4) is 0 Å². The summed E-state index contributed by atoms with van der Waals surface area (Å²) >= 11 is 5.95. The second-order valence-electron chi connectivity index (χ2n) is 8.37. The summed E-state index contributed by atoms with van der Waals surface area (Å²) in [5.74, 6) is 0.00356. The predicted molar refractivity (Wildman–Crippen MR) is 142 cm³/mol. The maximum absolute atomic E-state index is 13.1. The number of nitrogens with one attached hydrogen (secondary N) is 2. The number of carbonyl (C=O) groups excluding carboxylic acids is 1. The van der Waals surface area contributed by atoms with E-state index in [0.717, 1.165) is 12.8 Å². The number of pyridine rings is 1. The molecule has 2 heterocycles. The molecule has 2 aromatic carbocycles. The minimum Gasteiger partial charge on any atom is -0.506 e. The molecule has 1 amide bonds. The Labute approximate surface area is 223 Å². The Morgan fingerprint density at radius 2 is 1.79 bits per heavy atom. The first-order chi connectivity index (χ1) is 18.4. The van der Waals surface area contributed by atoms with E-state index >= 15 is 0 Å². The van der Waals surface area contributed by atoms with Crippen LogP contribution < -0.4 is 20.3 Å². The molecule has 198 valence electrons. The van der Waals surface area contributed by atoms with Crippen molar-refractivity contribution in [2.75, 3.05) is 14.2 Å². The number of ether oxygens (including phenoxy) is 2. The number of methoxy groups -OCH3 is 2. The standard InChI is InChI=1S/C27H27ClN4O6/c1-4-5-10-17-21(22-18(36-2)11-7-12-19(22)37-3)24(33)23(26(35)30-17)27-32-31-20(38-27)14-29-25(34)15-8-6-9-16(28)13-15/h6-9,11-13H,4-5,10,14H2,1-3H3,(H,29,34)(H2,30,33,35). The van der Waals surface area contributed by atoms with Gasteiger partial charge in [-0.1, -0.05) is 37.1 Å². The Hall–Kier alpha value is -4.31. The van der Waals surface area contributed by atoms with E-state index in [2.05, 4.69) is 20.5 Å². The summed E-state index contributed by atoms with van der Waals surface area (Å²) in [4.78, 5) is 28.4. The van der Waals surface area contributed by atoms with Gasteiger partial charge in [0.2, 0.25) is 5.89 Å². The monoisotopic (exact) mass is 538 g/mol. The van der Waals surface area contributed by atoms with Crippen molar-refractivity contribution in [1.82, 2.24) is 20.5 Å². The molecule has 0 aliphatic rings. The van der Waals surface area contributed by atoms with Gasteiger partial charge in [0, 0.05) is 16.3 Å². The van der Waals surface area contributed by atoms with Gasteiger partial charge in [0.1, 0.15) is 22.8 Å². The third-order valence-electron chi connectivity index (χ3n) is 5.89. The molecule has 3 N–H and O–H groups in total. The van der Waals surface area contributed by atoms with E-state index in [9.17, 15) is 14.7 Å². The summed E-state index contributed by atoms with van der Waals surface area (Å²) in [6, 6.07) is 11.7.